The zero-order valence-corrected chi connectivity index (χ0v) is 12.2. The highest BCUT2D eigenvalue weighted by atomic mass is 16.5. The van der Waals surface area contributed by atoms with Crippen molar-refractivity contribution in [2.24, 2.45) is 0 Å². The molecule has 2 aromatic heterocycles. The predicted molar refractivity (Wildman–Crippen MR) is 80.0 cm³/mol. The molecule has 0 spiro atoms. The lowest BCUT2D eigenvalue weighted by Crippen LogP contribution is -2.25. The second-order valence-corrected chi connectivity index (χ2v) is 5.46. The topological polar surface area (TPSA) is 68.0 Å². The van der Waals surface area contributed by atoms with Crippen LogP contribution in [0.4, 0.5) is 0 Å². The van der Waals surface area contributed by atoms with Gasteiger partial charge in [0.2, 0.25) is 0 Å². The average Bonchev–Trinajstić information content (AvgIpc) is 2.89. The molecule has 21 heavy (non-hydrogen) atoms. The maximum Gasteiger partial charge on any atom is 0.257 e. The van der Waals surface area contributed by atoms with Gasteiger partial charge < -0.3 is 9.84 Å². The molecule has 0 aromatic carbocycles. The number of carbonyl (C=O) groups excluding carboxylic acids is 1. The van der Waals surface area contributed by atoms with Crippen molar-refractivity contribution in [1.29, 1.82) is 0 Å². The van der Waals surface area contributed by atoms with Gasteiger partial charge in [-0.1, -0.05) is 16.8 Å². The van der Waals surface area contributed by atoms with E-state index in [-0.39, 0.29) is 5.91 Å². The van der Waals surface area contributed by atoms with Crippen molar-refractivity contribution in [2.75, 3.05) is 6.54 Å². The van der Waals surface area contributed by atoms with Crippen LogP contribution in [-0.4, -0.2) is 22.6 Å². The van der Waals surface area contributed by atoms with Crippen LogP contribution in [0.1, 0.15) is 48.2 Å². The first-order chi connectivity index (χ1) is 10.2. The van der Waals surface area contributed by atoms with E-state index < -0.39 is 0 Å². The first-order valence-electron chi connectivity index (χ1n) is 7.42. The van der Waals surface area contributed by atoms with E-state index >= 15 is 0 Å². The Morgan fingerprint density at radius 2 is 2.33 bits per heavy atom. The highest BCUT2D eigenvalue weighted by Crippen LogP contribution is 2.20. The zero-order valence-electron chi connectivity index (χ0n) is 12.2. The molecule has 0 atom stereocenters. The Morgan fingerprint density at radius 3 is 3.14 bits per heavy atom. The molecule has 0 saturated carbocycles. The number of rotatable bonds is 4. The maximum atomic E-state index is 12.1. The highest BCUT2D eigenvalue weighted by Gasteiger charge is 2.11. The molecule has 1 amide bonds. The maximum absolute atomic E-state index is 12.1. The second-order valence-electron chi connectivity index (χ2n) is 5.46. The van der Waals surface area contributed by atoms with Crippen LogP contribution in [0, 0.1) is 6.92 Å². The number of fused-ring (bicyclic) bond motifs is 1. The van der Waals surface area contributed by atoms with Gasteiger partial charge in [-0.2, -0.15) is 0 Å². The van der Waals surface area contributed by atoms with E-state index in [0.29, 0.717) is 17.8 Å². The molecule has 2 heterocycles. The largest absolute Gasteiger partial charge is 0.352 e. The van der Waals surface area contributed by atoms with Crippen molar-refractivity contribution in [3.63, 3.8) is 0 Å². The number of amides is 1. The van der Waals surface area contributed by atoms with Gasteiger partial charge in [-0.05, 0) is 45.1 Å². The van der Waals surface area contributed by atoms with Crippen molar-refractivity contribution in [3.8, 4) is 0 Å². The van der Waals surface area contributed by atoms with Gasteiger partial charge >= 0.3 is 0 Å². The number of allylic oxidation sites excluding steroid dienone is 1. The number of hydrogen-bond acceptors (Lipinski definition) is 4. The Labute approximate surface area is 123 Å². The number of carbonyl (C=O) groups is 1. The van der Waals surface area contributed by atoms with Gasteiger partial charge in [-0.15, -0.1) is 0 Å². The van der Waals surface area contributed by atoms with Crippen LogP contribution in [0.15, 0.2) is 28.4 Å². The summed E-state index contributed by atoms with van der Waals surface area (Å²) in [5.41, 5.74) is 3.23. The summed E-state index contributed by atoms with van der Waals surface area (Å²) in [5.74, 6) is -0.0959. The molecule has 1 aliphatic carbocycles. The Bertz CT molecular complexity index is 688. The summed E-state index contributed by atoms with van der Waals surface area (Å²) < 4.78 is 5.04. The van der Waals surface area contributed by atoms with Gasteiger partial charge in [0, 0.05) is 12.7 Å². The Hall–Kier alpha value is -2.17. The van der Waals surface area contributed by atoms with Gasteiger partial charge in [0.05, 0.1) is 16.6 Å². The average molecular weight is 285 g/mol. The molecule has 0 unspecified atom stereocenters. The number of aryl methyl sites for hydroxylation is 1. The van der Waals surface area contributed by atoms with Crippen molar-refractivity contribution in [3.05, 3.63) is 35.2 Å². The molecule has 0 bridgehead atoms. The SMILES string of the molecule is Cc1noc2ncc(C(=O)NCCC3=CCCCC3)cc12. The molecule has 0 aliphatic heterocycles. The van der Waals surface area contributed by atoms with Crippen LogP contribution in [0.25, 0.3) is 11.1 Å². The fourth-order valence-electron chi connectivity index (χ4n) is 2.64. The summed E-state index contributed by atoms with van der Waals surface area (Å²) >= 11 is 0. The van der Waals surface area contributed by atoms with E-state index in [2.05, 4.69) is 21.5 Å². The first-order valence-corrected chi connectivity index (χ1v) is 7.42. The molecule has 1 aliphatic rings. The normalized spacial score (nSPS) is 15.0. The molecule has 5 heteroatoms. The third kappa shape index (κ3) is 3.12. The minimum Gasteiger partial charge on any atom is -0.352 e. The van der Waals surface area contributed by atoms with Crippen molar-refractivity contribution in [2.45, 2.75) is 39.0 Å². The molecule has 110 valence electrons. The van der Waals surface area contributed by atoms with Crippen molar-refractivity contribution in [1.82, 2.24) is 15.5 Å². The Kier molecular flexibility index (Phi) is 3.99. The summed E-state index contributed by atoms with van der Waals surface area (Å²) in [5, 5.41) is 7.58. The fraction of sp³-hybridized carbons (Fsp3) is 0.438. The summed E-state index contributed by atoms with van der Waals surface area (Å²) in [6, 6.07) is 1.78. The highest BCUT2D eigenvalue weighted by molar-refractivity contribution is 5.96. The first kappa shape index (κ1) is 13.8. The summed E-state index contributed by atoms with van der Waals surface area (Å²) in [4.78, 5) is 16.3. The molecule has 1 N–H and O–H groups in total. The number of nitrogens with zero attached hydrogens (tertiary/aromatic N) is 2. The third-order valence-corrected chi connectivity index (χ3v) is 3.89. The van der Waals surface area contributed by atoms with Gasteiger partial charge in [0.1, 0.15) is 0 Å². The van der Waals surface area contributed by atoms with Gasteiger partial charge in [-0.3, -0.25) is 4.79 Å². The smallest absolute Gasteiger partial charge is 0.257 e. The molecular weight excluding hydrogens is 266 g/mol. The van der Waals surface area contributed by atoms with E-state index in [9.17, 15) is 4.79 Å². The zero-order chi connectivity index (χ0) is 14.7. The van der Waals surface area contributed by atoms with Crippen LogP contribution in [0.2, 0.25) is 0 Å². The van der Waals surface area contributed by atoms with E-state index in [1.807, 2.05) is 6.92 Å². The van der Waals surface area contributed by atoms with Crippen LogP contribution in [-0.2, 0) is 0 Å². The number of nitrogens with one attached hydrogen (secondary N) is 1. The number of aromatic nitrogens is 2. The number of hydrogen-bond donors (Lipinski definition) is 1. The lowest BCUT2D eigenvalue weighted by Gasteiger charge is -2.12. The van der Waals surface area contributed by atoms with Crippen LogP contribution in [0.5, 0.6) is 0 Å². The summed E-state index contributed by atoms with van der Waals surface area (Å²) in [6.07, 6.45) is 9.69. The number of pyridine rings is 1. The van der Waals surface area contributed by atoms with Crippen LogP contribution < -0.4 is 5.32 Å². The standard InChI is InChI=1S/C16H19N3O2/c1-11-14-9-13(10-18-16(14)21-19-11)15(20)17-8-7-12-5-3-2-4-6-12/h5,9-10H,2-4,6-8H2,1H3,(H,17,20). The van der Waals surface area contributed by atoms with Gasteiger partial charge in [0.25, 0.3) is 11.6 Å². The Morgan fingerprint density at radius 1 is 1.43 bits per heavy atom. The molecule has 0 radical (unpaired) electrons. The molecule has 0 fully saturated rings. The Balaban J connectivity index is 1.61. The monoisotopic (exact) mass is 285 g/mol. The van der Waals surface area contributed by atoms with Gasteiger partial charge in [-0.25, -0.2) is 4.98 Å². The predicted octanol–water partition coefficient (Wildman–Crippen LogP) is 3.15. The van der Waals surface area contributed by atoms with Crippen LogP contribution in [0.3, 0.4) is 0 Å². The minimum atomic E-state index is -0.0959. The van der Waals surface area contributed by atoms with Crippen molar-refractivity contribution >= 4 is 17.0 Å². The lowest BCUT2D eigenvalue weighted by atomic mass is 9.97. The van der Waals surface area contributed by atoms with Crippen LogP contribution >= 0.6 is 0 Å². The molecule has 0 saturated heterocycles. The van der Waals surface area contributed by atoms with Gasteiger partial charge in [0.15, 0.2) is 0 Å². The summed E-state index contributed by atoms with van der Waals surface area (Å²) in [6.45, 7) is 2.51. The quantitative estimate of drug-likeness (QED) is 0.876. The molecule has 5 nitrogen and oxygen atoms in total. The van der Waals surface area contributed by atoms with E-state index in [1.54, 1.807) is 6.07 Å². The molecule has 3 rings (SSSR count). The van der Waals surface area contributed by atoms with E-state index in [4.69, 9.17) is 4.52 Å². The summed E-state index contributed by atoms with van der Waals surface area (Å²) in [7, 11) is 0. The van der Waals surface area contributed by atoms with E-state index in [0.717, 1.165) is 17.5 Å². The minimum absolute atomic E-state index is 0.0959. The molecular formula is C16H19N3O2. The van der Waals surface area contributed by atoms with Crippen molar-refractivity contribution < 1.29 is 9.32 Å². The fourth-order valence-corrected chi connectivity index (χ4v) is 2.64. The second kappa shape index (κ2) is 6.08. The lowest BCUT2D eigenvalue weighted by molar-refractivity contribution is 0.0954. The third-order valence-electron chi connectivity index (χ3n) is 3.89. The molecule has 2 aromatic rings. The van der Waals surface area contributed by atoms with E-state index in [1.165, 1.54) is 37.5 Å².